The average Bonchev–Trinajstić information content (AvgIpc) is 2.50. The predicted molar refractivity (Wildman–Crippen MR) is 92.0 cm³/mol. The van der Waals surface area contributed by atoms with Crippen LogP contribution >= 0.6 is 15.9 Å². The van der Waals surface area contributed by atoms with E-state index in [1.54, 1.807) is 6.07 Å². The molecule has 0 saturated carbocycles. The van der Waals surface area contributed by atoms with Gasteiger partial charge in [-0.15, -0.1) is 0 Å². The molecule has 2 aromatic rings. The van der Waals surface area contributed by atoms with E-state index >= 15 is 0 Å². The van der Waals surface area contributed by atoms with E-state index in [-0.39, 0.29) is 11.9 Å². The highest BCUT2D eigenvalue weighted by atomic mass is 79.9. The van der Waals surface area contributed by atoms with Crippen molar-refractivity contribution in [1.82, 2.24) is 5.32 Å². The Morgan fingerprint density at radius 2 is 1.91 bits per heavy atom. The number of carboxylic acids is 1. The van der Waals surface area contributed by atoms with Gasteiger partial charge in [-0.25, -0.2) is 4.39 Å². The third kappa shape index (κ3) is 5.44. The van der Waals surface area contributed by atoms with Crippen LogP contribution in [-0.2, 0) is 17.6 Å². The fourth-order valence-corrected chi connectivity index (χ4v) is 3.00. The maximum Gasteiger partial charge on any atom is 0.321 e. The van der Waals surface area contributed by atoms with Gasteiger partial charge in [-0.3, -0.25) is 4.79 Å². The van der Waals surface area contributed by atoms with Gasteiger partial charge in [0.2, 0.25) is 0 Å². The average molecular weight is 380 g/mol. The molecule has 0 saturated heterocycles. The van der Waals surface area contributed by atoms with Crippen molar-refractivity contribution in [1.29, 1.82) is 0 Å². The fraction of sp³-hybridized carbons (Fsp3) is 0.278. The maximum absolute atomic E-state index is 13.1. The van der Waals surface area contributed by atoms with Crippen LogP contribution < -0.4 is 5.32 Å². The van der Waals surface area contributed by atoms with Crippen molar-refractivity contribution in [2.24, 2.45) is 0 Å². The molecule has 0 aliphatic heterocycles. The van der Waals surface area contributed by atoms with Gasteiger partial charge in [-0.1, -0.05) is 52.3 Å². The van der Waals surface area contributed by atoms with E-state index in [0.717, 1.165) is 11.1 Å². The minimum Gasteiger partial charge on any atom is -0.480 e. The Bertz CT molecular complexity index is 663. The number of aliphatic carboxylic acids is 1. The molecule has 122 valence electrons. The second-order valence-electron chi connectivity index (χ2n) is 5.59. The lowest BCUT2D eigenvalue weighted by Gasteiger charge is -2.21. The largest absolute Gasteiger partial charge is 0.480 e. The normalized spacial score (nSPS) is 13.5. The molecule has 0 amide bonds. The minimum atomic E-state index is -0.876. The van der Waals surface area contributed by atoms with Crippen molar-refractivity contribution in [3.63, 3.8) is 0 Å². The molecule has 2 aromatic carbocycles. The number of rotatable bonds is 7. The van der Waals surface area contributed by atoms with E-state index in [1.165, 1.54) is 12.1 Å². The number of benzene rings is 2. The SMILES string of the molecule is CC(Cc1ccc(F)cc1Br)N[C@H](Cc1ccccc1)C(=O)O. The van der Waals surface area contributed by atoms with Crippen molar-refractivity contribution in [3.05, 3.63) is 69.9 Å². The number of hydrogen-bond donors (Lipinski definition) is 2. The van der Waals surface area contributed by atoms with Crippen LogP contribution in [0.5, 0.6) is 0 Å². The van der Waals surface area contributed by atoms with Gasteiger partial charge in [0.1, 0.15) is 11.9 Å². The number of nitrogens with one attached hydrogen (secondary N) is 1. The van der Waals surface area contributed by atoms with E-state index in [0.29, 0.717) is 17.3 Å². The molecular formula is C18H19BrFNO2. The molecule has 1 unspecified atom stereocenters. The summed E-state index contributed by atoms with van der Waals surface area (Å²) < 4.78 is 13.8. The Kier molecular flexibility index (Phi) is 6.30. The molecular weight excluding hydrogens is 361 g/mol. The smallest absolute Gasteiger partial charge is 0.321 e. The van der Waals surface area contributed by atoms with Gasteiger partial charge in [-0.05, 0) is 43.0 Å². The van der Waals surface area contributed by atoms with Crippen molar-refractivity contribution in [2.75, 3.05) is 0 Å². The van der Waals surface area contributed by atoms with Crippen molar-refractivity contribution < 1.29 is 14.3 Å². The van der Waals surface area contributed by atoms with E-state index in [4.69, 9.17) is 0 Å². The molecule has 0 aromatic heterocycles. The fourth-order valence-electron chi connectivity index (χ4n) is 2.49. The Hall–Kier alpha value is -1.72. The summed E-state index contributed by atoms with van der Waals surface area (Å²) in [5, 5.41) is 12.6. The Morgan fingerprint density at radius 3 is 2.52 bits per heavy atom. The van der Waals surface area contributed by atoms with E-state index < -0.39 is 12.0 Å². The predicted octanol–water partition coefficient (Wildman–Crippen LogP) is 3.80. The third-order valence-electron chi connectivity index (χ3n) is 3.61. The van der Waals surface area contributed by atoms with Gasteiger partial charge in [-0.2, -0.15) is 0 Å². The highest BCUT2D eigenvalue weighted by Crippen LogP contribution is 2.19. The molecule has 0 fully saturated rings. The highest BCUT2D eigenvalue weighted by Gasteiger charge is 2.20. The minimum absolute atomic E-state index is 0.0541. The summed E-state index contributed by atoms with van der Waals surface area (Å²) in [6, 6.07) is 13.4. The lowest BCUT2D eigenvalue weighted by atomic mass is 10.0. The maximum atomic E-state index is 13.1. The van der Waals surface area contributed by atoms with E-state index in [2.05, 4.69) is 21.2 Å². The summed E-state index contributed by atoms with van der Waals surface area (Å²) in [7, 11) is 0. The van der Waals surface area contributed by atoms with Crippen LogP contribution in [0.15, 0.2) is 53.0 Å². The first kappa shape index (κ1) is 17.6. The van der Waals surface area contributed by atoms with Crippen LogP contribution in [0.1, 0.15) is 18.1 Å². The lowest BCUT2D eigenvalue weighted by molar-refractivity contribution is -0.139. The van der Waals surface area contributed by atoms with Crippen molar-refractivity contribution >= 4 is 21.9 Å². The molecule has 2 atom stereocenters. The standard InChI is InChI=1S/C18H19BrFNO2/c1-12(9-14-7-8-15(20)11-16(14)19)21-17(18(22)23)10-13-5-3-2-4-6-13/h2-8,11-12,17,21H,9-10H2,1H3,(H,22,23)/t12?,17-/m1/s1. The van der Waals surface area contributed by atoms with Gasteiger partial charge >= 0.3 is 5.97 Å². The molecule has 0 spiro atoms. The van der Waals surface area contributed by atoms with E-state index in [1.807, 2.05) is 37.3 Å². The van der Waals surface area contributed by atoms with Gasteiger partial charge in [0.25, 0.3) is 0 Å². The summed E-state index contributed by atoms with van der Waals surface area (Å²) >= 11 is 3.34. The highest BCUT2D eigenvalue weighted by molar-refractivity contribution is 9.10. The Labute approximate surface area is 143 Å². The molecule has 0 heterocycles. The van der Waals surface area contributed by atoms with Crippen molar-refractivity contribution in [3.8, 4) is 0 Å². The lowest BCUT2D eigenvalue weighted by Crippen LogP contribution is -2.44. The molecule has 0 aliphatic rings. The monoisotopic (exact) mass is 379 g/mol. The Balaban J connectivity index is 2.00. The van der Waals surface area contributed by atoms with Gasteiger partial charge in [0.15, 0.2) is 0 Å². The van der Waals surface area contributed by atoms with E-state index in [9.17, 15) is 14.3 Å². The first-order valence-electron chi connectivity index (χ1n) is 7.42. The summed E-state index contributed by atoms with van der Waals surface area (Å²) in [4.78, 5) is 11.5. The zero-order valence-electron chi connectivity index (χ0n) is 12.8. The van der Waals surface area contributed by atoms with Crippen LogP contribution in [0.2, 0.25) is 0 Å². The molecule has 0 radical (unpaired) electrons. The summed E-state index contributed by atoms with van der Waals surface area (Å²) in [5.41, 5.74) is 1.91. The van der Waals surface area contributed by atoms with Crippen LogP contribution in [0, 0.1) is 5.82 Å². The van der Waals surface area contributed by atoms with Gasteiger partial charge in [0, 0.05) is 10.5 Å². The zero-order chi connectivity index (χ0) is 16.8. The molecule has 5 heteroatoms. The van der Waals surface area contributed by atoms with Crippen LogP contribution in [0.3, 0.4) is 0 Å². The summed E-state index contributed by atoms with van der Waals surface area (Å²) in [6.45, 7) is 1.93. The molecule has 2 N–H and O–H groups in total. The van der Waals surface area contributed by atoms with Gasteiger partial charge in [0.05, 0.1) is 0 Å². The first-order chi connectivity index (χ1) is 11.0. The van der Waals surface area contributed by atoms with Crippen molar-refractivity contribution in [2.45, 2.75) is 31.8 Å². The number of carboxylic acid groups (broad SMARTS) is 1. The molecule has 0 aliphatic carbocycles. The van der Waals surface area contributed by atoms with Crippen LogP contribution in [0.4, 0.5) is 4.39 Å². The topological polar surface area (TPSA) is 49.3 Å². The quantitative estimate of drug-likeness (QED) is 0.768. The van der Waals surface area contributed by atoms with Crippen LogP contribution in [-0.4, -0.2) is 23.2 Å². The molecule has 0 bridgehead atoms. The first-order valence-corrected chi connectivity index (χ1v) is 8.21. The van der Waals surface area contributed by atoms with Gasteiger partial charge < -0.3 is 10.4 Å². The zero-order valence-corrected chi connectivity index (χ0v) is 14.4. The number of halogens is 2. The molecule has 2 rings (SSSR count). The second-order valence-corrected chi connectivity index (χ2v) is 6.44. The number of carbonyl (C=O) groups is 1. The Morgan fingerprint density at radius 1 is 1.22 bits per heavy atom. The summed E-state index contributed by atoms with van der Waals surface area (Å²) in [6.07, 6.45) is 1.03. The van der Waals surface area contributed by atoms with Crippen LogP contribution in [0.25, 0.3) is 0 Å². The second kappa shape index (κ2) is 8.22. The molecule has 23 heavy (non-hydrogen) atoms. The summed E-state index contributed by atoms with van der Waals surface area (Å²) in [5.74, 6) is -1.17. The third-order valence-corrected chi connectivity index (χ3v) is 4.35. The number of hydrogen-bond acceptors (Lipinski definition) is 2. The molecule has 3 nitrogen and oxygen atoms in total.